The van der Waals surface area contributed by atoms with E-state index < -0.39 is 45.1 Å². The quantitative estimate of drug-likeness (QED) is 0.289. The first kappa shape index (κ1) is 14.0. The zero-order valence-electron chi connectivity index (χ0n) is 7.95. The van der Waals surface area contributed by atoms with Gasteiger partial charge in [0.25, 0.3) is 0 Å². The van der Waals surface area contributed by atoms with E-state index in [9.17, 15) is 19.9 Å². The fourth-order valence-electron chi connectivity index (χ4n) is 1.29. The van der Waals surface area contributed by atoms with Gasteiger partial charge in [-0.15, -0.1) is 0 Å². The highest BCUT2D eigenvalue weighted by molar-refractivity contribution is 7.46. The van der Waals surface area contributed by atoms with E-state index >= 15 is 0 Å². The van der Waals surface area contributed by atoms with Crippen molar-refractivity contribution in [1.82, 2.24) is 0 Å². The summed E-state index contributed by atoms with van der Waals surface area (Å²) < 4.78 is 19.2. The van der Waals surface area contributed by atoms with Gasteiger partial charge < -0.3 is 34.9 Å². The summed E-state index contributed by atoms with van der Waals surface area (Å²) in [7, 11) is -4.91. The number of ether oxygens (including phenoxy) is 1. The Morgan fingerprint density at radius 1 is 1.12 bits per heavy atom. The van der Waals surface area contributed by atoms with Gasteiger partial charge in [-0.05, 0) is 0 Å². The molecule has 0 aromatic carbocycles. The molecule has 0 radical (unpaired) electrons. The molecular formula is C6H13O9P. The predicted octanol–water partition coefficient (Wildman–Crippen LogP) is -3.10. The summed E-state index contributed by atoms with van der Waals surface area (Å²) in [4.78, 5) is 17.0. The first-order chi connectivity index (χ1) is 7.26. The van der Waals surface area contributed by atoms with Gasteiger partial charge in [-0.2, -0.15) is 0 Å². The Bertz CT molecular complexity index is 275. The van der Waals surface area contributed by atoms with Crippen LogP contribution in [0, 0.1) is 0 Å². The monoisotopic (exact) mass is 260 g/mol. The van der Waals surface area contributed by atoms with E-state index in [-0.39, 0.29) is 0 Å². The summed E-state index contributed by atoms with van der Waals surface area (Å²) in [5, 5.41) is 36.6. The second kappa shape index (κ2) is 5.05. The Kier molecular flexibility index (Phi) is 4.41. The molecule has 5 atom stereocenters. The maximum absolute atomic E-state index is 10.5. The lowest BCUT2D eigenvalue weighted by Gasteiger charge is -2.39. The van der Waals surface area contributed by atoms with Crippen molar-refractivity contribution in [3.05, 3.63) is 0 Å². The molecule has 16 heavy (non-hydrogen) atoms. The summed E-state index contributed by atoms with van der Waals surface area (Å²) in [5.74, 6) is 0. The van der Waals surface area contributed by atoms with E-state index in [4.69, 9.17) is 14.9 Å². The van der Waals surface area contributed by atoms with Crippen LogP contribution in [-0.2, 0) is 13.8 Å². The lowest BCUT2D eigenvalue weighted by molar-refractivity contribution is -0.280. The highest BCUT2D eigenvalue weighted by Crippen LogP contribution is 2.40. The molecule has 6 N–H and O–H groups in total. The molecule has 0 aliphatic carbocycles. The molecule has 0 amide bonds. The molecular weight excluding hydrogens is 247 g/mol. The third kappa shape index (κ3) is 3.20. The molecule has 1 saturated heterocycles. The van der Waals surface area contributed by atoms with Crippen molar-refractivity contribution < 1.29 is 44.0 Å². The number of rotatable bonds is 3. The SMILES string of the molecule is O=P(O)(O)O[C@@H]1O[C@@H](CO)[C@H](O)[C@@H](O)[C@H]1O. The lowest BCUT2D eigenvalue weighted by atomic mass is 10.00. The molecule has 1 rings (SSSR count). The Morgan fingerprint density at radius 3 is 2.12 bits per heavy atom. The summed E-state index contributed by atoms with van der Waals surface area (Å²) in [6, 6.07) is 0. The molecule has 96 valence electrons. The van der Waals surface area contributed by atoms with E-state index in [2.05, 4.69) is 9.26 Å². The number of hydrogen-bond donors (Lipinski definition) is 6. The van der Waals surface area contributed by atoms with Gasteiger partial charge in [0.15, 0.2) is 6.29 Å². The molecule has 1 aliphatic heterocycles. The molecule has 10 heteroatoms. The van der Waals surface area contributed by atoms with Crippen molar-refractivity contribution in [3.8, 4) is 0 Å². The van der Waals surface area contributed by atoms with Crippen LogP contribution in [0.3, 0.4) is 0 Å². The Balaban J connectivity index is 2.75. The zero-order chi connectivity index (χ0) is 12.5. The van der Waals surface area contributed by atoms with Crippen molar-refractivity contribution in [3.63, 3.8) is 0 Å². The normalized spacial score (nSPS) is 41.0. The smallest absolute Gasteiger partial charge is 0.394 e. The highest BCUT2D eigenvalue weighted by Gasteiger charge is 2.46. The number of aliphatic hydroxyl groups is 4. The van der Waals surface area contributed by atoms with E-state index in [0.29, 0.717) is 0 Å². The predicted molar refractivity (Wildman–Crippen MR) is 46.9 cm³/mol. The van der Waals surface area contributed by atoms with E-state index in [1.54, 1.807) is 0 Å². The molecule has 0 aromatic rings. The minimum absolute atomic E-state index is 0.702. The van der Waals surface area contributed by atoms with Crippen LogP contribution in [0.1, 0.15) is 0 Å². The standard InChI is InChI=1S/C6H13O9P/c7-1-2-3(8)4(9)5(10)6(14-2)15-16(11,12)13/h2-10H,1H2,(H2,11,12,13)/t2-,3-,4+,5+,6-/m0/s1. The average molecular weight is 260 g/mol. The van der Waals surface area contributed by atoms with Crippen LogP contribution < -0.4 is 0 Å². The van der Waals surface area contributed by atoms with Crippen molar-refractivity contribution in [2.45, 2.75) is 30.7 Å². The lowest BCUT2D eigenvalue weighted by Crippen LogP contribution is -2.58. The van der Waals surface area contributed by atoms with Crippen molar-refractivity contribution >= 4 is 7.82 Å². The molecule has 1 fully saturated rings. The Morgan fingerprint density at radius 2 is 1.69 bits per heavy atom. The molecule has 0 aromatic heterocycles. The van der Waals surface area contributed by atoms with E-state index in [1.807, 2.05) is 0 Å². The zero-order valence-corrected chi connectivity index (χ0v) is 8.84. The second-order valence-corrected chi connectivity index (χ2v) is 4.49. The fourth-order valence-corrected chi connectivity index (χ4v) is 1.73. The largest absolute Gasteiger partial charge is 0.472 e. The molecule has 0 saturated carbocycles. The molecule has 9 nitrogen and oxygen atoms in total. The minimum atomic E-state index is -4.91. The van der Waals surface area contributed by atoms with Crippen LogP contribution in [0.5, 0.6) is 0 Å². The van der Waals surface area contributed by atoms with Crippen LogP contribution in [0.2, 0.25) is 0 Å². The van der Waals surface area contributed by atoms with Gasteiger partial charge in [0.05, 0.1) is 6.61 Å². The molecule has 1 heterocycles. The minimum Gasteiger partial charge on any atom is -0.394 e. The second-order valence-electron chi connectivity index (χ2n) is 3.29. The Hall–Kier alpha value is -0.0900. The van der Waals surface area contributed by atoms with Crippen molar-refractivity contribution in [1.29, 1.82) is 0 Å². The molecule has 0 spiro atoms. The maximum atomic E-state index is 10.5. The summed E-state index contributed by atoms with van der Waals surface area (Å²) >= 11 is 0. The van der Waals surface area contributed by atoms with Crippen LogP contribution in [0.25, 0.3) is 0 Å². The third-order valence-corrected chi connectivity index (χ3v) is 2.57. The van der Waals surface area contributed by atoms with Crippen LogP contribution in [-0.4, -0.2) is 67.5 Å². The average Bonchev–Trinajstić information content (AvgIpc) is 2.17. The molecule has 1 aliphatic rings. The molecule has 0 unspecified atom stereocenters. The third-order valence-electron chi connectivity index (χ3n) is 2.09. The fraction of sp³-hybridized carbons (Fsp3) is 1.00. The number of aliphatic hydroxyl groups excluding tert-OH is 4. The van der Waals surface area contributed by atoms with E-state index in [1.165, 1.54) is 0 Å². The Labute approximate surface area is 90.1 Å². The first-order valence-corrected chi connectivity index (χ1v) is 5.83. The topological polar surface area (TPSA) is 157 Å². The van der Waals surface area contributed by atoms with Crippen LogP contribution in [0.4, 0.5) is 0 Å². The number of hydrogen-bond acceptors (Lipinski definition) is 7. The van der Waals surface area contributed by atoms with Gasteiger partial charge in [0.1, 0.15) is 24.4 Å². The number of phosphoric ester groups is 1. The van der Waals surface area contributed by atoms with E-state index in [0.717, 1.165) is 0 Å². The van der Waals surface area contributed by atoms with Gasteiger partial charge in [0.2, 0.25) is 0 Å². The van der Waals surface area contributed by atoms with Gasteiger partial charge in [0, 0.05) is 0 Å². The van der Waals surface area contributed by atoms with Gasteiger partial charge >= 0.3 is 7.82 Å². The van der Waals surface area contributed by atoms with Crippen molar-refractivity contribution in [2.24, 2.45) is 0 Å². The van der Waals surface area contributed by atoms with Gasteiger partial charge in [-0.3, -0.25) is 4.52 Å². The van der Waals surface area contributed by atoms with Crippen molar-refractivity contribution in [2.75, 3.05) is 6.61 Å². The summed E-state index contributed by atoms with van der Waals surface area (Å²) in [6.45, 7) is -0.702. The summed E-state index contributed by atoms with van der Waals surface area (Å²) in [6.07, 6.45) is -8.25. The number of phosphoric acid groups is 1. The van der Waals surface area contributed by atoms with Gasteiger partial charge in [-0.1, -0.05) is 0 Å². The van der Waals surface area contributed by atoms with Gasteiger partial charge in [-0.25, -0.2) is 4.57 Å². The van der Waals surface area contributed by atoms with Crippen LogP contribution >= 0.6 is 7.82 Å². The maximum Gasteiger partial charge on any atom is 0.472 e. The summed E-state index contributed by atoms with van der Waals surface area (Å²) in [5.41, 5.74) is 0. The molecule has 0 bridgehead atoms. The van der Waals surface area contributed by atoms with Crippen LogP contribution in [0.15, 0.2) is 0 Å². The highest BCUT2D eigenvalue weighted by atomic mass is 31.2. The first-order valence-electron chi connectivity index (χ1n) is 4.30.